The fourth-order valence-electron chi connectivity index (χ4n) is 7.04. The number of amides is 11. The minimum atomic E-state index is -1.81. The molecule has 66 heavy (non-hydrogen) atoms. The molecule has 0 aliphatic carbocycles. The molecule has 0 spiro atoms. The van der Waals surface area contributed by atoms with Crippen LogP contribution in [0.3, 0.4) is 0 Å². The quantitative estimate of drug-likeness (QED) is 0.0771. The monoisotopic (exact) mass is 934 g/mol. The first-order chi connectivity index (χ1) is 31.6. The molecule has 26 heteroatoms. The molecule has 26 nitrogen and oxygen atoms in total. The van der Waals surface area contributed by atoms with Gasteiger partial charge in [0.05, 0.1) is 33.0 Å². The maximum absolute atomic E-state index is 14.3. The van der Waals surface area contributed by atoms with Crippen LogP contribution in [-0.2, 0) is 49.6 Å². The van der Waals surface area contributed by atoms with Gasteiger partial charge in [0.1, 0.15) is 48.3 Å². The van der Waals surface area contributed by atoms with E-state index in [9.17, 15) is 68.4 Å². The zero-order valence-corrected chi connectivity index (χ0v) is 36.3. The van der Waals surface area contributed by atoms with Crippen molar-refractivity contribution in [2.75, 3.05) is 52.6 Å². The lowest BCUT2D eigenvalue weighted by Gasteiger charge is -2.31. The average Bonchev–Trinajstić information content (AvgIpc) is 3.80. The molecule has 0 aromatic heterocycles. The summed E-state index contributed by atoms with van der Waals surface area (Å²) in [4.78, 5) is 134. The van der Waals surface area contributed by atoms with Gasteiger partial charge in [0.25, 0.3) is 0 Å². The van der Waals surface area contributed by atoms with E-state index in [-0.39, 0.29) is 51.7 Å². The first-order valence-electron chi connectivity index (χ1n) is 21.5. The Morgan fingerprint density at radius 3 is 1.59 bits per heavy atom. The van der Waals surface area contributed by atoms with Gasteiger partial charge in [-0.25, -0.2) is 4.79 Å². The fourth-order valence-corrected chi connectivity index (χ4v) is 7.04. The molecular weight excluding hydrogens is 873 g/mol. The van der Waals surface area contributed by atoms with Crippen LogP contribution < -0.4 is 59.3 Å². The van der Waals surface area contributed by atoms with Crippen molar-refractivity contribution in [1.29, 1.82) is 0 Å². The van der Waals surface area contributed by atoms with E-state index in [0.717, 1.165) is 4.90 Å². The van der Waals surface area contributed by atoms with Crippen molar-refractivity contribution in [2.24, 2.45) is 11.5 Å². The summed E-state index contributed by atoms with van der Waals surface area (Å²) >= 11 is 0. The Morgan fingerprint density at radius 2 is 1.08 bits per heavy atom. The van der Waals surface area contributed by atoms with E-state index in [4.69, 9.17) is 11.5 Å². The molecule has 366 valence electrons. The molecule has 3 rings (SSSR count). The number of fused-ring (bicyclic) bond motifs is 1. The molecule has 11 amide bonds. The smallest absolute Gasteiger partial charge is 0.312 e. The van der Waals surface area contributed by atoms with E-state index in [1.54, 1.807) is 30.3 Å². The van der Waals surface area contributed by atoms with E-state index in [0.29, 0.717) is 24.8 Å². The molecule has 2 saturated heterocycles. The van der Waals surface area contributed by atoms with Crippen LogP contribution in [0, 0.1) is 0 Å². The highest BCUT2D eigenvalue weighted by Gasteiger charge is 2.40. The number of nitrogens with two attached hydrogens (primary N) is 2. The van der Waals surface area contributed by atoms with Crippen molar-refractivity contribution >= 4 is 59.2 Å². The van der Waals surface area contributed by atoms with Gasteiger partial charge in [0.15, 0.2) is 0 Å². The predicted octanol–water partition coefficient (Wildman–Crippen LogP) is -7.71. The zero-order chi connectivity index (χ0) is 48.8. The van der Waals surface area contributed by atoms with Crippen LogP contribution in [-0.4, -0.2) is 185 Å². The molecule has 0 bridgehead atoms. The normalized spacial score (nSPS) is 26.0. The Balaban J connectivity index is 2.03. The molecule has 1 aromatic rings. The Hall–Kier alpha value is -6.48. The molecule has 8 atom stereocenters. The summed E-state index contributed by atoms with van der Waals surface area (Å²) in [5.41, 5.74) is 11.3. The second-order valence-corrected chi connectivity index (χ2v) is 15.5. The van der Waals surface area contributed by atoms with E-state index >= 15 is 0 Å². The molecule has 0 saturated carbocycles. The minimum Gasteiger partial charge on any atom is -0.394 e. The molecule has 2 heterocycles. The van der Waals surface area contributed by atoms with Gasteiger partial charge in [-0.1, -0.05) is 30.3 Å². The number of hydrogen-bond donors (Lipinski definition) is 15. The molecule has 0 unspecified atom stereocenters. The van der Waals surface area contributed by atoms with Gasteiger partial charge in [0, 0.05) is 19.5 Å². The third-order valence-corrected chi connectivity index (χ3v) is 10.6. The second kappa shape index (κ2) is 27.8. The number of rotatable bonds is 14. The number of primary amides is 1. The van der Waals surface area contributed by atoms with Gasteiger partial charge < -0.3 is 84.6 Å². The predicted molar refractivity (Wildman–Crippen MR) is 229 cm³/mol. The van der Waals surface area contributed by atoms with E-state index in [2.05, 4.69) is 47.9 Å². The number of nitrogens with zero attached hydrogens (tertiary/aromatic N) is 1. The highest BCUT2D eigenvalue weighted by atomic mass is 16.3. The number of urea groups is 1. The van der Waals surface area contributed by atoms with Crippen molar-refractivity contribution < 1.29 is 68.4 Å². The third-order valence-electron chi connectivity index (χ3n) is 10.6. The Labute approximate surface area is 379 Å². The van der Waals surface area contributed by atoms with Crippen molar-refractivity contribution in [1.82, 2.24) is 52.8 Å². The highest BCUT2D eigenvalue weighted by molar-refractivity contribution is 5.99. The summed E-state index contributed by atoms with van der Waals surface area (Å²) in [7, 11) is 0. The molecule has 2 aliphatic heterocycles. The van der Waals surface area contributed by atoms with Gasteiger partial charge in [-0.3, -0.25) is 43.2 Å². The van der Waals surface area contributed by atoms with Crippen molar-refractivity contribution in [3.05, 3.63) is 35.9 Å². The molecule has 0 radical (unpaired) electrons. The van der Waals surface area contributed by atoms with Crippen molar-refractivity contribution in [3.8, 4) is 0 Å². The van der Waals surface area contributed by atoms with Gasteiger partial charge in [-0.2, -0.15) is 0 Å². The second-order valence-electron chi connectivity index (χ2n) is 15.5. The summed E-state index contributed by atoms with van der Waals surface area (Å²) in [6.45, 7) is -4.66. The van der Waals surface area contributed by atoms with E-state index in [1.807, 2.05) is 0 Å². The average molecular weight is 935 g/mol. The Morgan fingerprint density at radius 1 is 0.606 bits per heavy atom. The number of unbranched alkanes of at least 4 members (excludes halogenated alkanes) is 1. The van der Waals surface area contributed by atoms with Gasteiger partial charge in [0.2, 0.25) is 53.2 Å². The first kappa shape index (κ1) is 53.9. The third kappa shape index (κ3) is 16.8. The number of aliphatic hydroxyl groups excluding tert-OH is 4. The topological polar surface area (TPSA) is 415 Å². The maximum atomic E-state index is 14.3. The minimum absolute atomic E-state index is 0.0189. The SMILES string of the molecule is NCCCC[C@H]1NC(=O)CNC(=O)[C@@H](CCCNC(N)=O)NC(=O)[C@H](CO)NC(=O)[C@@H]2CCCN2C(=O)[C@H](Cc2ccccc2)NC(=O)[C@H](CO)NC(=O)[C@@H](CO)NC(=O)[C@@H](CO)NC1=O. The van der Waals surface area contributed by atoms with Crippen LogP contribution >= 0.6 is 0 Å². The molecular formula is C40H62N12O14. The Bertz CT molecular complexity index is 1860. The number of nitrogens with one attached hydrogen (secondary N) is 9. The van der Waals surface area contributed by atoms with Crippen LogP contribution in [0.2, 0.25) is 0 Å². The standard InChI is InChI=1S/C40H62N12O14/c41-13-5-4-10-24-33(59)48-27(19-54)36(62)50-28(20-55)37(63)49-26(18-53)35(61)47-25(16-22-8-2-1-3-9-22)39(65)52-15-7-12-30(52)38(64)51-29(21-56)34(60)46-23(11-6-14-43-40(42)66)32(58)44-17-31(57)45-24/h1-3,8-9,23-30,53-56H,4-7,10-21,41H2,(H,44,58)(H,45,57)(H,46,60)(H,47,61)(H,48,59)(H,49,63)(H,50,62)(H,51,64)(H3,42,43,66)/t23-,24-,25+,26+,27-,28-,29+,30+/m1/s1. The lowest BCUT2D eigenvalue weighted by molar-refractivity contribution is -0.143. The Kier molecular flexibility index (Phi) is 22.6. The van der Waals surface area contributed by atoms with Crippen LogP contribution in [0.4, 0.5) is 4.79 Å². The summed E-state index contributed by atoms with van der Waals surface area (Å²) in [5.74, 6) is -8.95. The van der Waals surface area contributed by atoms with E-state index < -0.39 is 141 Å². The number of hydrogen-bond acceptors (Lipinski definition) is 15. The number of carbonyl (C=O) groups excluding carboxylic acids is 10. The first-order valence-corrected chi connectivity index (χ1v) is 21.5. The number of carbonyl (C=O) groups is 10. The van der Waals surface area contributed by atoms with E-state index in [1.165, 1.54) is 0 Å². The number of aliphatic hydroxyl groups is 4. The van der Waals surface area contributed by atoms with Crippen LogP contribution in [0.1, 0.15) is 50.5 Å². The largest absolute Gasteiger partial charge is 0.394 e. The summed E-state index contributed by atoms with van der Waals surface area (Å²) in [6, 6.07) is -4.92. The lowest BCUT2D eigenvalue weighted by Crippen LogP contribution is -2.61. The van der Waals surface area contributed by atoms with Gasteiger partial charge >= 0.3 is 6.03 Å². The van der Waals surface area contributed by atoms with Crippen molar-refractivity contribution in [3.63, 3.8) is 0 Å². The van der Waals surface area contributed by atoms with Crippen molar-refractivity contribution in [2.45, 2.75) is 99.7 Å². The summed E-state index contributed by atoms with van der Waals surface area (Å²) < 4.78 is 0. The van der Waals surface area contributed by atoms with Gasteiger partial charge in [-0.05, 0) is 57.1 Å². The van der Waals surface area contributed by atoms with Gasteiger partial charge in [-0.15, -0.1) is 0 Å². The number of benzene rings is 1. The van der Waals surface area contributed by atoms with Crippen LogP contribution in [0.25, 0.3) is 0 Å². The molecule has 17 N–H and O–H groups in total. The van der Waals surface area contributed by atoms with Crippen LogP contribution in [0.5, 0.6) is 0 Å². The molecule has 2 fully saturated rings. The van der Waals surface area contributed by atoms with Crippen LogP contribution in [0.15, 0.2) is 30.3 Å². The maximum Gasteiger partial charge on any atom is 0.312 e. The molecule has 2 aliphatic rings. The summed E-state index contributed by atoms with van der Waals surface area (Å²) in [5, 5.41) is 61.6. The lowest BCUT2D eigenvalue weighted by atomic mass is 10.0. The molecule has 1 aromatic carbocycles. The summed E-state index contributed by atoms with van der Waals surface area (Å²) in [6.07, 6.45) is 0.832. The fraction of sp³-hybridized carbons (Fsp3) is 0.600. The zero-order valence-electron chi connectivity index (χ0n) is 36.3. The highest BCUT2D eigenvalue weighted by Crippen LogP contribution is 2.20.